The summed E-state index contributed by atoms with van der Waals surface area (Å²) < 4.78 is 12.9. The number of halogens is 1. The van der Waals surface area contributed by atoms with Crippen LogP contribution in [0.25, 0.3) is 0 Å². The molecule has 0 N–H and O–H groups in total. The molecular formula is C26H32INO4. The quantitative estimate of drug-likeness (QED) is 0.396. The first-order chi connectivity index (χ1) is 15.5. The third-order valence-electron chi connectivity index (χ3n) is 6.52. The molecule has 0 fully saturated rings. The second-order valence-corrected chi connectivity index (χ2v) is 9.73. The SMILES string of the molecule is CCCOc1c(I)cc(C2C3=C(CCCC3=O)N(CC)C3=C2C(=O)CCC3)cc1OCC. The van der Waals surface area contributed by atoms with Gasteiger partial charge in [0.25, 0.3) is 0 Å². The van der Waals surface area contributed by atoms with Crippen LogP contribution in [0.15, 0.2) is 34.7 Å². The molecule has 1 heterocycles. The van der Waals surface area contributed by atoms with E-state index in [4.69, 9.17) is 9.47 Å². The maximum absolute atomic E-state index is 13.3. The zero-order valence-corrected chi connectivity index (χ0v) is 21.4. The van der Waals surface area contributed by atoms with Gasteiger partial charge in [-0.1, -0.05) is 6.92 Å². The maximum atomic E-state index is 13.3. The minimum absolute atomic E-state index is 0.180. The molecule has 1 aromatic carbocycles. The van der Waals surface area contributed by atoms with Crippen molar-refractivity contribution in [3.05, 3.63) is 43.8 Å². The number of rotatable bonds is 7. The Bertz CT molecular complexity index is 950. The first-order valence-electron chi connectivity index (χ1n) is 11.9. The summed E-state index contributed by atoms with van der Waals surface area (Å²) >= 11 is 2.29. The lowest BCUT2D eigenvalue weighted by atomic mass is 9.71. The number of allylic oxidation sites excluding steroid dienone is 4. The largest absolute Gasteiger partial charge is 0.490 e. The minimum atomic E-state index is -0.309. The lowest BCUT2D eigenvalue weighted by molar-refractivity contribution is -0.117. The molecule has 0 aromatic heterocycles. The van der Waals surface area contributed by atoms with E-state index in [9.17, 15) is 9.59 Å². The number of Topliss-reactive ketones (excluding diaryl/α,β-unsaturated/α-hetero) is 2. The first-order valence-corrected chi connectivity index (χ1v) is 13.0. The highest BCUT2D eigenvalue weighted by Gasteiger charge is 2.43. The Labute approximate surface area is 204 Å². The fourth-order valence-electron chi connectivity index (χ4n) is 5.29. The summed E-state index contributed by atoms with van der Waals surface area (Å²) in [6, 6.07) is 4.08. The van der Waals surface area contributed by atoms with Crippen molar-refractivity contribution < 1.29 is 19.1 Å². The van der Waals surface area contributed by atoms with E-state index in [-0.39, 0.29) is 17.5 Å². The van der Waals surface area contributed by atoms with Gasteiger partial charge in [-0.3, -0.25) is 9.59 Å². The maximum Gasteiger partial charge on any atom is 0.174 e. The number of benzene rings is 1. The lowest BCUT2D eigenvalue weighted by Gasteiger charge is -2.43. The van der Waals surface area contributed by atoms with Gasteiger partial charge in [0, 0.05) is 47.8 Å². The average Bonchev–Trinajstić information content (AvgIpc) is 2.77. The fourth-order valence-corrected chi connectivity index (χ4v) is 6.07. The monoisotopic (exact) mass is 549 g/mol. The van der Waals surface area contributed by atoms with Crippen molar-refractivity contribution in [1.29, 1.82) is 0 Å². The highest BCUT2D eigenvalue weighted by molar-refractivity contribution is 14.1. The lowest BCUT2D eigenvalue weighted by Crippen LogP contribution is -2.39. The molecule has 1 aromatic rings. The molecule has 3 aliphatic rings. The minimum Gasteiger partial charge on any atom is -0.490 e. The van der Waals surface area contributed by atoms with Crippen LogP contribution in [0.4, 0.5) is 0 Å². The van der Waals surface area contributed by atoms with Gasteiger partial charge in [0.2, 0.25) is 0 Å². The van der Waals surface area contributed by atoms with Crippen LogP contribution in [0.2, 0.25) is 0 Å². The Morgan fingerprint density at radius 2 is 1.56 bits per heavy atom. The van der Waals surface area contributed by atoms with Gasteiger partial charge in [-0.05, 0) is 86.2 Å². The van der Waals surface area contributed by atoms with Crippen LogP contribution in [-0.4, -0.2) is 36.2 Å². The molecule has 0 atom stereocenters. The normalized spacial score (nSPS) is 19.3. The Balaban J connectivity index is 1.92. The topological polar surface area (TPSA) is 55.8 Å². The number of ether oxygens (including phenoxy) is 2. The van der Waals surface area contributed by atoms with Gasteiger partial charge in [0.05, 0.1) is 16.8 Å². The van der Waals surface area contributed by atoms with Crippen LogP contribution >= 0.6 is 22.6 Å². The number of hydrogen-bond donors (Lipinski definition) is 0. The molecule has 5 nitrogen and oxygen atoms in total. The van der Waals surface area contributed by atoms with Crippen LogP contribution < -0.4 is 9.47 Å². The van der Waals surface area contributed by atoms with Crippen LogP contribution in [-0.2, 0) is 9.59 Å². The van der Waals surface area contributed by atoms with Crippen LogP contribution in [0, 0.1) is 3.57 Å². The van der Waals surface area contributed by atoms with Gasteiger partial charge in [-0.2, -0.15) is 0 Å². The third-order valence-corrected chi connectivity index (χ3v) is 7.32. The molecule has 0 spiro atoms. The molecule has 0 saturated carbocycles. The predicted molar refractivity (Wildman–Crippen MR) is 133 cm³/mol. The van der Waals surface area contributed by atoms with Crippen molar-refractivity contribution in [3.63, 3.8) is 0 Å². The summed E-state index contributed by atoms with van der Waals surface area (Å²) in [6.07, 6.45) is 5.56. The number of nitrogens with zero attached hydrogens (tertiary/aromatic N) is 1. The van der Waals surface area contributed by atoms with Gasteiger partial charge < -0.3 is 14.4 Å². The molecule has 2 aliphatic carbocycles. The standard InChI is InChI=1S/C26H32INO4/c1-4-13-32-26-17(27)14-16(15-22(26)31-6-3)23-24-18(9-7-11-20(24)29)28(5-2)19-10-8-12-21(30)25(19)23/h14-15,23H,4-13H2,1-3H3. The summed E-state index contributed by atoms with van der Waals surface area (Å²) in [7, 11) is 0. The zero-order chi connectivity index (χ0) is 22.8. The van der Waals surface area contributed by atoms with E-state index in [0.29, 0.717) is 31.8 Å². The van der Waals surface area contributed by atoms with Gasteiger partial charge in [0.15, 0.2) is 23.1 Å². The summed E-state index contributed by atoms with van der Waals surface area (Å²) in [5.74, 6) is 1.49. The highest BCUT2D eigenvalue weighted by Crippen LogP contribution is 2.50. The number of carbonyl (C=O) groups is 2. The van der Waals surface area contributed by atoms with Crippen LogP contribution in [0.5, 0.6) is 11.5 Å². The smallest absolute Gasteiger partial charge is 0.174 e. The van der Waals surface area contributed by atoms with E-state index >= 15 is 0 Å². The molecule has 6 heteroatoms. The van der Waals surface area contributed by atoms with Crippen LogP contribution in [0.1, 0.15) is 77.2 Å². The highest BCUT2D eigenvalue weighted by atomic mass is 127. The molecule has 0 unspecified atom stereocenters. The molecule has 0 bridgehead atoms. The first kappa shape index (κ1) is 23.3. The summed E-state index contributed by atoms with van der Waals surface area (Å²) in [4.78, 5) is 28.8. The average molecular weight is 549 g/mol. The van der Waals surface area contributed by atoms with Crippen molar-refractivity contribution >= 4 is 34.2 Å². The van der Waals surface area contributed by atoms with Gasteiger partial charge in [-0.25, -0.2) is 0 Å². The molecule has 0 amide bonds. The van der Waals surface area contributed by atoms with Gasteiger partial charge >= 0.3 is 0 Å². The van der Waals surface area contributed by atoms with E-state index in [1.54, 1.807) is 0 Å². The van der Waals surface area contributed by atoms with E-state index < -0.39 is 0 Å². The van der Waals surface area contributed by atoms with E-state index in [1.807, 2.05) is 13.0 Å². The summed E-state index contributed by atoms with van der Waals surface area (Å²) in [5.41, 5.74) is 4.87. The molecule has 32 heavy (non-hydrogen) atoms. The molecule has 1 aliphatic heterocycles. The van der Waals surface area contributed by atoms with E-state index in [0.717, 1.165) is 76.1 Å². The number of hydrogen-bond acceptors (Lipinski definition) is 5. The van der Waals surface area contributed by atoms with Crippen molar-refractivity contribution in [3.8, 4) is 11.5 Å². The Morgan fingerprint density at radius 1 is 0.938 bits per heavy atom. The molecule has 0 radical (unpaired) electrons. The Kier molecular flexibility index (Phi) is 7.27. The van der Waals surface area contributed by atoms with Crippen LogP contribution in [0.3, 0.4) is 0 Å². The second-order valence-electron chi connectivity index (χ2n) is 8.56. The third kappa shape index (κ3) is 4.11. The number of ketones is 2. The molecular weight excluding hydrogens is 517 g/mol. The molecule has 4 rings (SSSR count). The Hall–Kier alpha value is -1.83. The fraction of sp³-hybridized carbons (Fsp3) is 0.538. The molecule has 172 valence electrons. The Morgan fingerprint density at radius 3 is 2.09 bits per heavy atom. The second kappa shape index (κ2) is 9.98. The van der Waals surface area contributed by atoms with Crippen molar-refractivity contribution in [1.82, 2.24) is 4.90 Å². The number of carbonyl (C=O) groups excluding carboxylic acids is 2. The zero-order valence-electron chi connectivity index (χ0n) is 19.3. The van der Waals surface area contributed by atoms with Crippen molar-refractivity contribution in [2.45, 2.75) is 71.6 Å². The van der Waals surface area contributed by atoms with E-state index in [2.05, 4.69) is 47.4 Å². The molecule has 0 saturated heterocycles. The van der Waals surface area contributed by atoms with Gasteiger partial charge in [-0.15, -0.1) is 0 Å². The summed E-state index contributed by atoms with van der Waals surface area (Å²) in [5, 5.41) is 0. The summed E-state index contributed by atoms with van der Waals surface area (Å²) in [6.45, 7) is 8.08. The van der Waals surface area contributed by atoms with Gasteiger partial charge in [0.1, 0.15) is 0 Å². The van der Waals surface area contributed by atoms with E-state index in [1.165, 1.54) is 0 Å². The van der Waals surface area contributed by atoms with Crippen molar-refractivity contribution in [2.75, 3.05) is 19.8 Å². The van der Waals surface area contributed by atoms with Crippen molar-refractivity contribution in [2.24, 2.45) is 0 Å². The predicted octanol–water partition coefficient (Wildman–Crippen LogP) is 5.91.